The second kappa shape index (κ2) is 16.0. The van der Waals surface area contributed by atoms with Crippen molar-refractivity contribution < 1.29 is 34.1 Å². The number of anilines is 2. The first-order chi connectivity index (χ1) is 23.7. The number of carboxylic acid groups (broad SMARTS) is 1. The number of nitrogen functional groups attached to an aromatic ring is 1. The number of hydrogen-bond acceptors (Lipinski definition) is 9. The summed E-state index contributed by atoms with van der Waals surface area (Å²) in [4.78, 5) is 42.0. The number of nitrogens with two attached hydrogens (primary N) is 1. The number of piperazine rings is 1. The van der Waals surface area contributed by atoms with Crippen molar-refractivity contribution >= 4 is 35.0 Å². The highest BCUT2D eigenvalue weighted by molar-refractivity contribution is 5.96. The minimum atomic E-state index is -1.19. The second-order valence-electron chi connectivity index (χ2n) is 11.3. The molecule has 0 aromatic heterocycles. The average molecular weight is 667 g/mol. The Bertz CT molecular complexity index is 1790. The summed E-state index contributed by atoms with van der Waals surface area (Å²) in [6.07, 6.45) is 0. The predicted octanol–water partition coefficient (Wildman–Crippen LogP) is 3.34. The molecular weight excluding hydrogens is 628 g/mol. The number of ether oxygens (including phenoxy) is 2. The Kier molecular flexibility index (Phi) is 11.2. The Hall–Kier alpha value is -6.24. The summed E-state index contributed by atoms with van der Waals surface area (Å²) in [5, 5.41) is 33.2. The first kappa shape index (κ1) is 34.1. The second-order valence-corrected chi connectivity index (χ2v) is 11.3. The molecule has 0 aliphatic carbocycles. The van der Waals surface area contributed by atoms with Gasteiger partial charge in [-0.15, -0.1) is 0 Å². The molecule has 0 bridgehead atoms. The van der Waals surface area contributed by atoms with E-state index in [0.29, 0.717) is 48.7 Å². The van der Waals surface area contributed by atoms with E-state index in [9.17, 15) is 24.6 Å². The Labute approximate surface area is 283 Å². The Morgan fingerprint density at radius 1 is 0.857 bits per heavy atom. The van der Waals surface area contributed by atoms with Crippen LogP contribution in [-0.2, 0) is 21.0 Å². The summed E-state index contributed by atoms with van der Waals surface area (Å²) in [6.45, 7) is 1.17. The van der Waals surface area contributed by atoms with Crippen molar-refractivity contribution in [3.8, 4) is 17.2 Å². The van der Waals surface area contributed by atoms with Crippen LogP contribution in [0.3, 0.4) is 0 Å². The molecule has 1 heterocycles. The van der Waals surface area contributed by atoms with E-state index in [-0.39, 0.29) is 42.1 Å². The third kappa shape index (κ3) is 9.19. The number of carboxylic acids is 1. The normalized spacial score (nSPS) is 13.2. The van der Waals surface area contributed by atoms with Gasteiger partial charge >= 0.3 is 5.97 Å². The SMILES string of the molecule is N=C(N)c1cccc(NC(C(=O)NCC(=O)N2CCN(c3ccccc3O)CC2)c2ccc(OCc3ccccc3)c(OCC(=O)O)c2)c1. The minimum Gasteiger partial charge on any atom is -0.506 e. The average Bonchev–Trinajstić information content (AvgIpc) is 3.12. The van der Waals surface area contributed by atoms with Crippen molar-refractivity contribution in [2.24, 2.45) is 5.73 Å². The molecule has 7 N–H and O–H groups in total. The van der Waals surface area contributed by atoms with Gasteiger partial charge in [0.1, 0.15) is 24.2 Å². The Morgan fingerprint density at radius 2 is 1.59 bits per heavy atom. The summed E-state index contributed by atoms with van der Waals surface area (Å²) in [6, 6.07) is 26.8. The molecule has 0 spiro atoms. The number of amidine groups is 1. The van der Waals surface area contributed by atoms with Gasteiger partial charge in [0.15, 0.2) is 18.1 Å². The van der Waals surface area contributed by atoms with Crippen molar-refractivity contribution in [3.05, 3.63) is 114 Å². The zero-order valence-electron chi connectivity index (χ0n) is 26.7. The molecule has 1 unspecified atom stereocenters. The molecule has 0 radical (unpaired) electrons. The number of aromatic hydroxyl groups is 1. The predicted molar refractivity (Wildman–Crippen MR) is 184 cm³/mol. The fourth-order valence-corrected chi connectivity index (χ4v) is 5.36. The zero-order chi connectivity index (χ0) is 34.8. The van der Waals surface area contributed by atoms with Crippen molar-refractivity contribution in [1.82, 2.24) is 10.2 Å². The van der Waals surface area contributed by atoms with E-state index in [0.717, 1.165) is 5.56 Å². The van der Waals surface area contributed by atoms with E-state index in [1.807, 2.05) is 47.4 Å². The van der Waals surface area contributed by atoms with E-state index in [4.69, 9.17) is 20.6 Å². The van der Waals surface area contributed by atoms with Gasteiger partial charge in [-0.05, 0) is 47.5 Å². The number of para-hydroxylation sites is 2. The highest BCUT2D eigenvalue weighted by Gasteiger charge is 2.26. The van der Waals surface area contributed by atoms with Crippen LogP contribution in [0.4, 0.5) is 11.4 Å². The summed E-state index contributed by atoms with van der Waals surface area (Å²) in [5.41, 5.74) is 8.62. The molecule has 1 aliphatic rings. The van der Waals surface area contributed by atoms with Crippen LogP contribution in [0, 0.1) is 5.41 Å². The minimum absolute atomic E-state index is 0.117. The lowest BCUT2D eigenvalue weighted by molar-refractivity contribution is -0.139. The smallest absolute Gasteiger partial charge is 0.341 e. The standard InChI is InChI=1S/C36H38N6O7/c37-35(38)26-9-6-10-27(19-26)40-34(25-13-14-30(31(20-25)49-23-33(45)46)48-22-24-7-2-1-3-8-24)36(47)39-21-32(44)42-17-15-41(16-18-42)28-11-4-5-12-29(28)43/h1-14,19-20,34,40,43H,15-18,21-23H2,(H3,37,38)(H,39,47)(H,45,46). The van der Waals surface area contributed by atoms with Gasteiger partial charge in [0.2, 0.25) is 11.8 Å². The van der Waals surface area contributed by atoms with E-state index in [1.54, 1.807) is 53.4 Å². The molecule has 2 amide bonds. The molecule has 1 saturated heterocycles. The number of hydrogen-bond donors (Lipinski definition) is 6. The first-order valence-electron chi connectivity index (χ1n) is 15.6. The van der Waals surface area contributed by atoms with Crippen molar-refractivity contribution in [2.45, 2.75) is 12.6 Å². The van der Waals surface area contributed by atoms with Crippen molar-refractivity contribution in [3.63, 3.8) is 0 Å². The lowest BCUT2D eigenvalue weighted by atomic mass is 10.0. The number of phenolic OH excluding ortho intramolecular Hbond substituents is 1. The summed E-state index contributed by atoms with van der Waals surface area (Å²) < 4.78 is 11.5. The molecule has 4 aromatic rings. The molecule has 49 heavy (non-hydrogen) atoms. The number of aliphatic carboxylic acids is 1. The molecular formula is C36H38N6O7. The van der Waals surface area contributed by atoms with E-state index in [2.05, 4.69) is 10.6 Å². The van der Waals surface area contributed by atoms with Crippen molar-refractivity contribution in [2.75, 3.05) is 49.5 Å². The van der Waals surface area contributed by atoms with Gasteiger partial charge < -0.3 is 45.9 Å². The maximum Gasteiger partial charge on any atom is 0.341 e. The van der Waals surface area contributed by atoms with Gasteiger partial charge in [-0.1, -0.05) is 60.7 Å². The van der Waals surface area contributed by atoms with E-state index < -0.39 is 24.5 Å². The van der Waals surface area contributed by atoms with Gasteiger partial charge in [-0.3, -0.25) is 15.0 Å². The number of benzene rings is 4. The fraction of sp³-hybridized carbons (Fsp3) is 0.222. The maximum absolute atomic E-state index is 13.8. The topological polar surface area (TPSA) is 191 Å². The van der Waals surface area contributed by atoms with Gasteiger partial charge in [0.25, 0.3) is 0 Å². The summed E-state index contributed by atoms with van der Waals surface area (Å²) in [5.74, 6) is -1.56. The third-order valence-electron chi connectivity index (χ3n) is 7.90. The number of amides is 2. The lowest BCUT2D eigenvalue weighted by Crippen LogP contribution is -2.51. The van der Waals surface area contributed by atoms with Crippen LogP contribution in [0.25, 0.3) is 0 Å². The number of nitrogens with zero attached hydrogens (tertiary/aromatic N) is 2. The summed E-state index contributed by atoms with van der Waals surface area (Å²) >= 11 is 0. The van der Waals surface area contributed by atoms with Crippen LogP contribution in [0.15, 0.2) is 97.1 Å². The first-order valence-corrected chi connectivity index (χ1v) is 15.6. The molecule has 13 heteroatoms. The molecule has 254 valence electrons. The molecule has 5 rings (SSSR count). The molecule has 13 nitrogen and oxygen atoms in total. The quantitative estimate of drug-likeness (QED) is 0.0860. The monoisotopic (exact) mass is 666 g/mol. The maximum atomic E-state index is 13.8. The molecule has 1 atom stereocenters. The third-order valence-corrected chi connectivity index (χ3v) is 7.90. The molecule has 4 aromatic carbocycles. The number of carbonyl (C=O) groups excluding carboxylic acids is 2. The molecule has 1 aliphatic heterocycles. The van der Waals surface area contributed by atoms with E-state index >= 15 is 0 Å². The molecule has 0 saturated carbocycles. The van der Waals surface area contributed by atoms with E-state index in [1.165, 1.54) is 6.07 Å². The van der Waals surface area contributed by atoms with Crippen LogP contribution in [0.2, 0.25) is 0 Å². The Morgan fingerprint density at radius 3 is 2.31 bits per heavy atom. The lowest BCUT2D eigenvalue weighted by Gasteiger charge is -2.36. The van der Waals surface area contributed by atoms with Crippen LogP contribution in [0.1, 0.15) is 22.7 Å². The number of carbonyl (C=O) groups is 3. The van der Waals surface area contributed by atoms with Gasteiger partial charge in [-0.2, -0.15) is 0 Å². The fourth-order valence-electron chi connectivity index (χ4n) is 5.36. The zero-order valence-corrected chi connectivity index (χ0v) is 26.7. The van der Waals surface area contributed by atoms with Gasteiger partial charge in [0.05, 0.1) is 12.2 Å². The van der Waals surface area contributed by atoms with Crippen LogP contribution in [-0.4, -0.2) is 78.1 Å². The van der Waals surface area contributed by atoms with Crippen LogP contribution < -0.4 is 30.7 Å². The van der Waals surface area contributed by atoms with Crippen molar-refractivity contribution in [1.29, 1.82) is 5.41 Å². The number of phenols is 1. The van der Waals surface area contributed by atoms with Crippen LogP contribution in [0.5, 0.6) is 17.2 Å². The largest absolute Gasteiger partial charge is 0.506 e. The highest BCUT2D eigenvalue weighted by Crippen LogP contribution is 2.33. The number of nitrogens with one attached hydrogen (secondary N) is 3. The summed E-state index contributed by atoms with van der Waals surface area (Å²) in [7, 11) is 0. The Balaban J connectivity index is 1.33. The number of rotatable bonds is 14. The van der Waals surface area contributed by atoms with Gasteiger partial charge in [0, 0.05) is 37.4 Å². The van der Waals surface area contributed by atoms with Gasteiger partial charge in [-0.25, -0.2) is 4.79 Å². The van der Waals surface area contributed by atoms with Crippen LogP contribution >= 0.6 is 0 Å². The molecule has 1 fully saturated rings. The highest BCUT2D eigenvalue weighted by atomic mass is 16.5.